The Hall–Kier alpha value is -3.14. The fourth-order valence-corrected chi connectivity index (χ4v) is 4.92. The fraction of sp³-hybridized carbons (Fsp3) is 0.323. The number of hydrogen-bond donors (Lipinski definition) is 0. The summed E-state index contributed by atoms with van der Waals surface area (Å²) in [5.41, 5.74) is 5.10. The van der Waals surface area contributed by atoms with E-state index in [0.29, 0.717) is 25.4 Å². The first-order valence-corrected chi connectivity index (χ1v) is 15.5. The standard InChI is InChI=1S/C31H37N2O3P/c1-3-37(2,34)36-25-17-6-4-5-16-24-35-31-32-29(26-18-10-7-11-19-26)30(27-20-12-8-13-21-27)33(31)28-22-14-9-15-23-28/h7-15,18-23H,3-6,16-17,24-25H2,1-2H3. The predicted molar refractivity (Wildman–Crippen MR) is 153 cm³/mol. The molecule has 0 radical (unpaired) electrons. The molecule has 0 aliphatic rings. The molecule has 0 amide bonds. The van der Waals surface area contributed by atoms with Gasteiger partial charge in [-0.3, -0.25) is 9.13 Å². The normalized spacial score (nSPS) is 12.8. The van der Waals surface area contributed by atoms with Crippen molar-refractivity contribution in [2.75, 3.05) is 26.0 Å². The highest BCUT2D eigenvalue weighted by Gasteiger charge is 2.22. The van der Waals surface area contributed by atoms with Crippen LogP contribution in [0.2, 0.25) is 0 Å². The number of aromatic nitrogens is 2. The van der Waals surface area contributed by atoms with Gasteiger partial charge in [-0.05, 0) is 25.0 Å². The van der Waals surface area contributed by atoms with Crippen molar-refractivity contribution in [3.05, 3.63) is 91.0 Å². The van der Waals surface area contributed by atoms with E-state index in [0.717, 1.165) is 60.3 Å². The lowest BCUT2D eigenvalue weighted by atomic mass is 10.0. The van der Waals surface area contributed by atoms with Gasteiger partial charge < -0.3 is 9.26 Å². The first-order chi connectivity index (χ1) is 18.1. The maximum absolute atomic E-state index is 12.0. The molecule has 1 atom stereocenters. The van der Waals surface area contributed by atoms with Crippen LogP contribution < -0.4 is 4.74 Å². The molecule has 4 rings (SSSR count). The van der Waals surface area contributed by atoms with Crippen molar-refractivity contribution in [1.82, 2.24) is 9.55 Å². The molecule has 194 valence electrons. The van der Waals surface area contributed by atoms with Crippen molar-refractivity contribution in [1.29, 1.82) is 0 Å². The number of rotatable bonds is 14. The molecule has 0 N–H and O–H groups in total. The molecule has 5 nitrogen and oxygen atoms in total. The van der Waals surface area contributed by atoms with Crippen molar-refractivity contribution in [3.8, 4) is 34.2 Å². The van der Waals surface area contributed by atoms with Gasteiger partial charge in [0.25, 0.3) is 0 Å². The van der Waals surface area contributed by atoms with Gasteiger partial charge in [0.1, 0.15) is 5.69 Å². The van der Waals surface area contributed by atoms with Gasteiger partial charge >= 0.3 is 6.01 Å². The van der Waals surface area contributed by atoms with Crippen LogP contribution in [0, 0.1) is 0 Å². The lowest BCUT2D eigenvalue weighted by Crippen LogP contribution is -2.05. The van der Waals surface area contributed by atoms with E-state index in [-0.39, 0.29) is 0 Å². The third-order valence-electron chi connectivity index (χ3n) is 6.41. The number of ether oxygens (including phenoxy) is 1. The first-order valence-electron chi connectivity index (χ1n) is 13.2. The number of hydrogen-bond acceptors (Lipinski definition) is 4. The fourth-order valence-electron chi connectivity index (χ4n) is 4.22. The number of nitrogens with zero attached hydrogens (tertiary/aromatic N) is 2. The third kappa shape index (κ3) is 7.44. The largest absolute Gasteiger partial charge is 0.464 e. The van der Waals surface area contributed by atoms with Gasteiger partial charge in [0.2, 0.25) is 0 Å². The second kappa shape index (κ2) is 13.4. The summed E-state index contributed by atoms with van der Waals surface area (Å²) in [4.78, 5) is 5.02. The lowest BCUT2D eigenvalue weighted by molar-refractivity contribution is 0.275. The molecule has 0 aliphatic carbocycles. The lowest BCUT2D eigenvalue weighted by Gasteiger charge is -2.13. The second-order valence-electron chi connectivity index (χ2n) is 9.27. The van der Waals surface area contributed by atoms with E-state index in [1.807, 2.05) is 49.4 Å². The highest BCUT2D eigenvalue weighted by atomic mass is 31.2. The Balaban J connectivity index is 1.48. The van der Waals surface area contributed by atoms with Crippen LogP contribution in [0.3, 0.4) is 0 Å². The molecule has 0 bridgehead atoms. The number of benzene rings is 3. The summed E-state index contributed by atoms with van der Waals surface area (Å²) < 4.78 is 26.0. The van der Waals surface area contributed by atoms with E-state index in [9.17, 15) is 4.57 Å². The van der Waals surface area contributed by atoms with Gasteiger partial charge in [0.05, 0.1) is 24.6 Å². The van der Waals surface area contributed by atoms with Crippen LogP contribution in [0.15, 0.2) is 91.0 Å². The van der Waals surface area contributed by atoms with Crippen LogP contribution in [0.1, 0.15) is 39.0 Å². The Bertz CT molecular complexity index is 1270. The quantitative estimate of drug-likeness (QED) is 0.125. The van der Waals surface area contributed by atoms with Crippen molar-refractivity contribution in [2.45, 2.75) is 39.0 Å². The first kappa shape index (κ1) is 26.9. The van der Waals surface area contributed by atoms with Gasteiger partial charge in [0.15, 0.2) is 7.37 Å². The topological polar surface area (TPSA) is 53.4 Å². The maximum atomic E-state index is 12.0. The Labute approximate surface area is 220 Å². The number of unbranched alkanes of at least 4 members (excludes halogenated alkanes) is 4. The molecule has 1 unspecified atom stereocenters. The highest BCUT2D eigenvalue weighted by Crippen LogP contribution is 2.41. The molecule has 6 heteroatoms. The summed E-state index contributed by atoms with van der Waals surface area (Å²) in [6.07, 6.45) is 5.73. The zero-order chi connectivity index (χ0) is 25.9. The van der Waals surface area contributed by atoms with Gasteiger partial charge in [0, 0.05) is 24.0 Å². The molecular weight excluding hydrogens is 479 g/mol. The SMILES string of the molecule is CCP(C)(=O)OCCCCCCCOc1nc(-c2ccccc2)c(-c2ccccc2)n1-c1ccccc1. The molecule has 4 aromatic rings. The van der Waals surface area contributed by atoms with Crippen molar-refractivity contribution >= 4 is 7.37 Å². The molecule has 0 fully saturated rings. The average Bonchev–Trinajstić information content (AvgIpc) is 3.33. The zero-order valence-electron chi connectivity index (χ0n) is 21.9. The molecule has 1 heterocycles. The molecule has 3 aromatic carbocycles. The van der Waals surface area contributed by atoms with Gasteiger partial charge in [-0.25, -0.2) is 0 Å². The second-order valence-corrected chi connectivity index (χ2v) is 12.2. The van der Waals surface area contributed by atoms with E-state index in [1.54, 1.807) is 6.66 Å². The summed E-state index contributed by atoms with van der Waals surface area (Å²) in [5.74, 6) is 0. The van der Waals surface area contributed by atoms with E-state index < -0.39 is 7.37 Å². The number of para-hydroxylation sites is 1. The van der Waals surface area contributed by atoms with Crippen LogP contribution in [-0.2, 0) is 9.09 Å². The van der Waals surface area contributed by atoms with E-state index in [4.69, 9.17) is 14.2 Å². The van der Waals surface area contributed by atoms with Crippen molar-refractivity contribution in [3.63, 3.8) is 0 Å². The van der Waals surface area contributed by atoms with E-state index in [1.165, 1.54) is 0 Å². The molecule has 0 saturated carbocycles. The summed E-state index contributed by atoms with van der Waals surface area (Å²) in [7, 11) is -2.38. The van der Waals surface area contributed by atoms with Gasteiger partial charge in [-0.1, -0.05) is 105 Å². The van der Waals surface area contributed by atoms with Crippen molar-refractivity contribution in [2.24, 2.45) is 0 Å². The van der Waals surface area contributed by atoms with Crippen LogP contribution in [-0.4, -0.2) is 35.6 Å². The van der Waals surface area contributed by atoms with Crippen LogP contribution in [0.5, 0.6) is 6.01 Å². The van der Waals surface area contributed by atoms with Crippen LogP contribution in [0.25, 0.3) is 28.2 Å². The van der Waals surface area contributed by atoms with Crippen LogP contribution in [0.4, 0.5) is 0 Å². The van der Waals surface area contributed by atoms with Gasteiger partial charge in [-0.15, -0.1) is 0 Å². The minimum absolute atomic E-state index is 0.581. The Kier molecular flexibility index (Phi) is 9.76. The Morgan fingerprint density at radius 2 is 1.27 bits per heavy atom. The smallest absolute Gasteiger partial charge is 0.302 e. The van der Waals surface area contributed by atoms with Crippen LogP contribution >= 0.6 is 7.37 Å². The molecular formula is C31H37N2O3P. The summed E-state index contributed by atoms with van der Waals surface area (Å²) in [6.45, 7) is 4.81. The Morgan fingerprint density at radius 3 is 1.89 bits per heavy atom. The molecule has 37 heavy (non-hydrogen) atoms. The molecule has 0 spiro atoms. The van der Waals surface area contributed by atoms with E-state index in [2.05, 4.69) is 53.1 Å². The summed E-state index contributed by atoms with van der Waals surface area (Å²) in [5, 5.41) is 0. The minimum atomic E-state index is -2.38. The van der Waals surface area contributed by atoms with Crippen molar-refractivity contribution < 1.29 is 13.8 Å². The number of imidazole rings is 1. The minimum Gasteiger partial charge on any atom is -0.464 e. The molecule has 0 saturated heterocycles. The third-order valence-corrected chi connectivity index (χ3v) is 8.29. The molecule has 1 aromatic heterocycles. The maximum Gasteiger partial charge on any atom is 0.302 e. The summed E-state index contributed by atoms with van der Waals surface area (Å²) >= 11 is 0. The predicted octanol–water partition coefficient (Wildman–Crippen LogP) is 8.48. The Morgan fingerprint density at radius 1 is 0.730 bits per heavy atom. The average molecular weight is 517 g/mol. The summed E-state index contributed by atoms with van der Waals surface area (Å²) in [6, 6.07) is 31.6. The highest BCUT2D eigenvalue weighted by molar-refractivity contribution is 7.58. The monoisotopic (exact) mass is 516 g/mol. The zero-order valence-corrected chi connectivity index (χ0v) is 22.8. The van der Waals surface area contributed by atoms with Gasteiger partial charge in [-0.2, -0.15) is 4.98 Å². The molecule has 0 aliphatic heterocycles. The van der Waals surface area contributed by atoms with E-state index >= 15 is 0 Å².